The standard InChI is InChI=1S/C12H9F3OS/c1-9(16)17-8-2-3-10-4-6-11(7-5-10)12(13,14)15/h4-7H,8H2,1H3. The number of carbonyl (C=O) groups excluding carboxylic acids is 1. The van der Waals surface area contributed by atoms with Crippen molar-refractivity contribution in [3.63, 3.8) is 0 Å². The Labute approximate surface area is 101 Å². The second kappa shape index (κ2) is 5.78. The predicted molar refractivity (Wildman–Crippen MR) is 61.5 cm³/mol. The molecule has 1 rings (SSSR count). The summed E-state index contributed by atoms with van der Waals surface area (Å²) < 4.78 is 36.7. The maximum absolute atomic E-state index is 12.2. The van der Waals surface area contributed by atoms with Crippen LogP contribution in [-0.4, -0.2) is 10.9 Å². The smallest absolute Gasteiger partial charge is 0.288 e. The average Bonchev–Trinajstić information content (AvgIpc) is 2.23. The molecular weight excluding hydrogens is 249 g/mol. The molecule has 0 saturated heterocycles. The molecule has 0 heterocycles. The molecule has 1 aromatic carbocycles. The normalized spacial score (nSPS) is 10.6. The van der Waals surface area contributed by atoms with E-state index in [1.165, 1.54) is 19.1 Å². The van der Waals surface area contributed by atoms with Crippen LogP contribution in [-0.2, 0) is 11.0 Å². The van der Waals surface area contributed by atoms with Gasteiger partial charge in [0, 0.05) is 12.5 Å². The number of alkyl halides is 3. The van der Waals surface area contributed by atoms with Gasteiger partial charge in [0.1, 0.15) is 0 Å². The monoisotopic (exact) mass is 258 g/mol. The highest BCUT2D eigenvalue weighted by Gasteiger charge is 2.29. The van der Waals surface area contributed by atoms with Crippen LogP contribution in [0.5, 0.6) is 0 Å². The van der Waals surface area contributed by atoms with E-state index in [-0.39, 0.29) is 5.12 Å². The van der Waals surface area contributed by atoms with Crippen molar-refractivity contribution in [2.24, 2.45) is 0 Å². The zero-order valence-electron chi connectivity index (χ0n) is 8.97. The van der Waals surface area contributed by atoms with Crippen LogP contribution in [0.3, 0.4) is 0 Å². The van der Waals surface area contributed by atoms with Gasteiger partial charge in [0.25, 0.3) is 0 Å². The highest BCUT2D eigenvalue weighted by atomic mass is 32.2. The number of carbonyl (C=O) groups is 1. The molecule has 1 nitrogen and oxygen atoms in total. The molecule has 0 aliphatic rings. The summed E-state index contributed by atoms with van der Waals surface area (Å²) in [5.74, 6) is 5.73. The largest absolute Gasteiger partial charge is 0.416 e. The van der Waals surface area contributed by atoms with Gasteiger partial charge in [0.2, 0.25) is 0 Å². The van der Waals surface area contributed by atoms with Crippen LogP contribution in [0.15, 0.2) is 24.3 Å². The van der Waals surface area contributed by atoms with Crippen LogP contribution >= 0.6 is 11.8 Å². The van der Waals surface area contributed by atoms with Crippen molar-refractivity contribution in [1.29, 1.82) is 0 Å². The first-order valence-electron chi connectivity index (χ1n) is 4.69. The molecule has 0 fully saturated rings. The van der Waals surface area contributed by atoms with Crippen LogP contribution < -0.4 is 0 Å². The highest BCUT2D eigenvalue weighted by Crippen LogP contribution is 2.28. The average molecular weight is 258 g/mol. The van der Waals surface area contributed by atoms with Gasteiger partial charge in [-0.25, -0.2) is 0 Å². The minimum Gasteiger partial charge on any atom is -0.288 e. The van der Waals surface area contributed by atoms with Crippen LogP contribution in [0.1, 0.15) is 18.1 Å². The van der Waals surface area contributed by atoms with Gasteiger partial charge in [0.15, 0.2) is 5.12 Å². The summed E-state index contributed by atoms with van der Waals surface area (Å²) in [6.45, 7) is 1.43. The fourth-order valence-corrected chi connectivity index (χ4v) is 1.37. The van der Waals surface area contributed by atoms with E-state index in [4.69, 9.17) is 0 Å². The van der Waals surface area contributed by atoms with Crippen molar-refractivity contribution in [1.82, 2.24) is 0 Å². The molecule has 0 aliphatic carbocycles. The number of benzene rings is 1. The minimum atomic E-state index is -4.32. The van der Waals surface area contributed by atoms with Gasteiger partial charge in [-0.3, -0.25) is 4.79 Å². The second-order valence-electron chi connectivity index (χ2n) is 3.16. The molecule has 17 heavy (non-hydrogen) atoms. The Kier molecular flexibility index (Phi) is 4.64. The third-order valence-corrected chi connectivity index (χ3v) is 2.49. The molecule has 5 heteroatoms. The lowest BCUT2D eigenvalue weighted by atomic mass is 10.1. The van der Waals surface area contributed by atoms with Crippen molar-refractivity contribution in [2.45, 2.75) is 13.1 Å². The summed E-state index contributed by atoms with van der Waals surface area (Å²) in [4.78, 5) is 10.6. The predicted octanol–water partition coefficient (Wildman–Crippen LogP) is 3.34. The van der Waals surface area contributed by atoms with Gasteiger partial charge >= 0.3 is 6.18 Å². The van der Waals surface area contributed by atoms with E-state index in [9.17, 15) is 18.0 Å². The van der Waals surface area contributed by atoms with E-state index in [1.807, 2.05) is 0 Å². The Hall–Kier alpha value is -1.41. The summed E-state index contributed by atoms with van der Waals surface area (Å²) in [5.41, 5.74) is -0.191. The van der Waals surface area contributed by atoms with E-state index in [0.29, 0.717) is 11.3 Å². The number of rotatable bonds is 1. The maximum Gasteiger partial charge on any atom is 0.416 e. The van der Waals surface area contributed by atoms with Crippen molar-refractivity contribution in [3.05, 3.63) is 35.4 Å². The van der Waals surface area contributed by atoms with Crippen LogP contribution in [0.25, 0.3) is 0 Å². The molecular formula is C12H9F3OS. The van der Waals surface area contributed by atoms with Gasteiger partial charge in [0.05, 0.1) is 11.3 Å². The van der Waals surface area contributed by atoms with Gasteiger partial charge in [-0.1, -0.05) is 23.6 Å². The summed E-state index contributed by atoms with van der Waals surface area (Å²) in [5, 5.41) is -0.0354. The van der Waals surface area contributed by atoms with Gasteiger partial charge in [-0.15, -0.1) is 0 Å². The van der Waals surface area contributed by atoms with Crippen LogP contribution in [0, 0.1) is 11.8 Å². The fraction of sp³-hybridized carbons (Fsp3) is 0.250. The first-order chi connectivity index (χ1) is 7.89. The lowest BCUT2D eigenvalue weighted by Crippen LogP contribution is -2.04. The van der Waals surface area contributed by atoms with E-state index < -0.39 is 11.7 Å². The van der Waals surface area contributed by atoms with Crippen molar-refractivity contribution in [3.8, 4) is 11.8 Å². The molecule has 90 valence electrons. The fourth-order valence-electron chi connectivity index (χ4n) is 1.02. The molecule has 0 unspecified atom stereocenters. The van der Waals surface area contributed by atoms with Crippen molar-refractivity contribution >= 4 is 16.9 Å². The Bertz CT molecular complexity index is 451. The molecule has 0 saturated carbocycles. The molecule has 0 bridgehead atoms. The summed E-state index contributed by atoms with van der Waals surface area (Å²) in [6.07, 6.45) is -4.32. The van der Waals surface area contributed by atoms with Gasteiger partial charge in [-0.2, -0.15) is 13.2 Å². The van der Waals surface area contributed by atoms with E-state index >= 15 is 0 Å². The third-order valence-electron chi connectivity index (χ3n) is 1.79. The Morgan fingerprint density at radius 2 is 1.88 bits per heavy atom. The molecule has 0 N–H and O–H groups in total. The van der Waals surface area contributed by atoms with Crippen molar-refractivity contribution < 1.29 is 18.0 Å². The Balaban J connectivity index is 2.66. The van der Waals surface area contributed by atoms with E-state index in [0.717, 1.165) is 23.9 Å². The second-order valence-corrected chi connectivity index (χ2v) is 4.31. The lowest BCUT2D eigenvalue weighted by Gasteiger charge is -2.05. The third kappa shape index (κ3) is 4.96. The summed E-state index contributed by atoms with van der Waals surface area (Å²) >= 11 is 1.07. The van der Waals surface area contributed by atoms with Gasteiger partial charge in [-0.05, 0) is 24.3 Å². The highest BCUT2D eigenvalue weighted by molar-refractivity contribution is 8.13. The number of thioether (sulfide) groups is 1. The number of halogens is 3. The van der Waals surface area contributed by atoms with Gasteiger partial charge < -0.3 is 0 Å². The summed E-state index contributed by atoms with van der Waals surface area (Å²) in [6, 6.07) is 4.60. The lowest BCUT2D eigenvalue weighted by molar-refractivity contribution is -0.137. The zero-order chi connectivity index (χ0) is 12.9. The van der Waals surface area contributed by atoms with E-state index in [2.05, 4.69) is 11.8 Å². The zero-order valence-corrected chi connectivity index (χ0v) is 9.78. The molecule has 0 amide bonds. The topological polar surface area (TPSA) is 17.1 Å². The minimum absolute atomic E-state index is 0.0354. The quantitative estimate of drug-likeness (QED) is 0.719. The van der Waals surface area contributed by atoms with Crippen LogP contribution in [0.4, 0.5) is 13.2 Å². The van der Waals surface area contributed by atoms with Crippen LogP contribution in [0.2, 0.25) is 0 Å². The molecule has 0 aromatic heterocycles. The van der Waals surface area contributed by atoms with E-state index in [1.54, 1.807) is 0 Å². The SMILES string of the molecule is CC(=O)SCC#Cc1ccc(C(F)(F)F)cc1. The Morgan fingerprint density at radius 1 is 1.29 bits per heavy atom. The molecule has 1 aromatic rings. The number of hydrogen-bond donors (Lipinski definition) is 0. The first kappa shape index (κ1) is 13.7. The molecule has 0 atom stereocenters. The molecule has 0 aliphatic heterocycles. The Morgan fingerprint density at radius 3 is 2.35 bits per heavy atom. The molecule has 0 radical (unpaired) electrons. The molecule has 0 spiro atoms. The number of hydrogen-bond acceptors (Lipinski definition) is 2. The first-order valence-corrected chi connectivity index (χ1v) is 5.67. The maximum atomic E-state index is 12.2. The summed E-state index contributed by atoms with van der Waals surface area (Å²) in [7, 11) is 0. The van der Waals surface area contributed by atoms with Crippen molar-refractivity contribution in [2.75, 3.05) is 5.75 Å².